The molecule has 0 saturated heterocycles. The van der Waals surface area contributed by atoms with Crippen LogP contribution in [0.2, 0.25) is 0 Å². The second kappa shape index (κ2) is 3.77. The summed E-state index contributed by atoms with van der Waals surface area (Å²) in [6.45, 7) is 4.42. The SMILES string of the molecule is CP(C)(=O)c1ccccc1C1CC1CN. The topological polar surface area (TPSA) is 43.1 Å². The number of benzene rings is 1. The van der Waals surface area contributed by atoms with E-state index in [4.69, 9.17) is 5.73 Å². The van der Waals surface area contributed by atoms with Gasteiger partial charge in [-0.3, -0.25) is 0 Å². The third kappa shape index (κ3) is 2.16. The van der Waals surface area contributed by atoms with Gasteiger partial charge in [0.1, 0.15) is 7.14 Å². The zero-order valence-electron chi connectivity index (χ0n) is 9.31. The average molecular weight is 223 g/mol. The molecule has 2 unspecified atom stereocenters. The average Bonchev–Trinajstić information content (AvgIpc) is 2.95. The highest BCUT2D eigenvalue weighted by atomic mass is 31.2. The summed E-state index contributed by atoms with van der Waals surface area (Å²) in [5.74, 6) is 1.16. The Morgan fingerprint density at radius 2 is 2.07 bits per heavy atom. The third-order valence-corrected chi connectivity index (χ3v) is 4.71. The first-order valence-electron chi connectivity index (χ1n) is 5.38. The Hall–Kier alpha value is -0.590. The van der Waals surface area contributed by atoms with E-state index >= 15 is 0 Å². The van der Waals surface area contributed by atoms with Crippen molar-refractivity contribution in [2.75, 3.05) is 19.9 Å². The monoisotopic (exact) mass is 223 g/mol. The van der Waals surface area contributed by atoms with Crippen LogP contribution in [-0.2, 0) is 4.57 Å². The van der Waals surface area contributed by atoms with Crippen molar-refractivity contribution in [1.82, 2.24) is 0 Å². The van der Waals surface area contributed by atoms with Crippen LogP contribution in [0.15, 0.2) is 24.3 Å². The van der Waals surface area contributed by atoms with Crippen molar-refractivity contribution in [2.24, 2.45) is 11.7 Å². The fourth-order valence-corrected chi connectivity index (χ4v) is 3.49. The van der Waals surface area contributed by atoms with Crippen molar-refractivity contribution < 1.29 is 4.57 Å². The minimum absolute atomic E-state index is 0.555. The van der Waals surface area contributed by atoms with Crippen LogP contribution in [0.3, 0.4) is 0 Å². The first kappa shape index (κ1) is 10.9. The second-order valence-electron chi connectivity index (χ2n) is 4.75. The lowest BCUT2D eigenvalue weighted by atomic mass is 10.1. The van der Waals surface area contributed by atoms with Gasteiger partial charge in [0.05, 0.1) is 0 Å². The van der Waals surface area contributed by atoms with Crippen LogP contribution >= 0.6 is 7.14 Å². The Bertz CT molecular complexity index is 410. The van der Waals surface area contributed by atoms with Gasteiger partial charge >= 0.3 is 0 Å². The van der Waals surface area contributed by atoms with Crippen LogP contribution in [0.25, 0.3) is 0 Å². The highest BCUT2D eigenvalue weighted by molar-refractivity contribution is 7.70. The molecule has 2 N–H and O–H groups in total. The summed E-state index contributed by atoms with van der Waals surface area (Å²) in [5.41, 5.74) is 6.92. The Kier molecular flexibility index (Phi) is 2.74. The zero-order valence-corrected chi connectivity index (χ0v) is 10.2. The van der Waals surface area contributed by atoms with Gasteiger partial charge < -0.3 is 10.3 Å². The summed E-state index contributed by atoms with van der Waals surface area (Å²) in [7, 11) is -2.15. The van der Waals surface area contributed by atoms with Crippen molar-refractivity contribution in [3.63, 3.8) is 0 Å². The molecule has 1 saturated carbocycles. The van der Waals surface area contributed by atoms with Crippen LogP contribution in [-0.4, -0.2) is 19.9 Å². The van der Waals surface area contributed by atoms with E-state index in [2.05, 4.69) is 6.07 Å². The summed E-state index contributed by atoms with van der Waals surface area (Å²) >= 11 is 0. The molecule has 1 fully saturated rings. The highest BCUT2D eigenvalue weighted by Gasteiger charge is 2.39. The van der Waals surface area contributed by atoms with Crippen LogP contribution < -0.4 is 11.0 Å². The molecule has 3 heteroatoms. The zero-order chi connectivity index (χ0) is 11.1. The lowest BCUT2D eigenvalue weighted by molar-refractivity contribution is 0.588. The van der Waals surface area contributed by atoms with Gasteiger partial charge in [-0.2, -0.15) is 0 Å². The lowest BCUT2D eigenvalue weighted by Crippen LogP contribution is -2.11. The molecule has 0 aliphatic heterocycles. The molecule has 1 aromatic rings. The molecular formula is C12H18NOP. The maximum atomic E-state index is 12.1. The van der Waals surface area contributed by atoms with Crippen molar-refractivity contribution in [2.45, 2.75) is 12.3 Å². The quantitative estimate of drug-likeness (QED) is 0.796. The Balaban J connectivity index is 2.36. The molecule has 0 radical (unpaired) electrons. The second-order valence-corrected chi connectivity index (χ2v) is 7.93. The van der Waals surface area contributed by atoms with Crippen LogP contribution in [0, 0.1) is 5.92 Å². The molecule has 0 heterocycles. The first-order chi connectivity index (χ1) is 7.04. The molecule has 15 heavy (non-hydrogen) atoms. The van der Waals surface area contributed by atoms with Crippen molar-refractivity contribution in [3.05, 3.63) is 29.8 Å². The Labute approximate surface area is 91.2 Å². The summed E-state index contributed by atoms with van der Waals surface area (Å²) in [6.07, 6.45) is 1.16. The molecule has 1 aliphatic rings. The summed E-state index contributed by atoms with van der Waals surface area (Å²) in [6, 6.07) is 8.11. The predicted molar refractivity (Wildman–Crippen MR) is 65.4 cm³/mol. The molecule has 2 rings (SSSR count). The van der Waals surface area contributed by atoms with Gasteiger partial charge in [-0.25, -0.2) is 0 Å². The van der Waals surface area contributed by atoms with E-state index in [9.17, 15) is 4.57 Å². The van der Waals surface area contributed by atoms with Gasteiger partial charge in [-0.1, -0.05) is 24.3 Å². The molecule has 1 aliphatic carbocycles. The van der Waals surface area contributed by atoms with Gasteiger partial charge in [0, 0.05) is 5.30 Å². The minimum atomic E-state index is -2.15. The van der Waals surface area contributed by atoms with E-state index < -0.39 is 7.14 Å². The number of hydrogen-bond acceptors (Lipinski definition) is 2. The minimum Gasteiger partial charge on any atom is -0.330 e. The standard InChI is InChI=1S/C12H18NOP/c1-15(2,14)12-6-4-3-5-10(12)11-7-9(11)8-13/h3-6,9,11H,7-8,13H2,1-2H3. The molecule has 1 aromatic carbocycles. The predicted octanol–water partition coefficient (Wildman–Crippen LogP) is 2.00. The molecule has 2 atom stereocenters. The Morgan fingerprint density at radius 1 is 1.40 bits per heavy atom. The maximum absolute atomic E-state index is 12.1. The van der Waals surface area contributed by atoms with Crippen LogP contribution in [0.5, 0.6) is 0 Å². The molecule has 0 aromatic heterocycles. The van der Waals surface area contributed by atoms with Crippen LogP contribution in [0.1, 0.15) is 17.9 Å². The highest BCUT2D eigenvalue weighted by Crippen LogP contribution is 2.49. The van der Waals surface area contributed by atoms with E-state index in [1.807, 2.05) is 31.5 Å². The van der Waals surface area contributed by atoms with Gasteiger partial charge in [0.25, 0.3) is 0 Å². The lowest BCUT2D eigenvalue weighted by Gasteiger charge is -2.12. The Morgan fingerprint density at radius 3 is 2.60 bits per heavy atom. The first-order valence-corrected chi connectivity index (χ1v) is 7.98. The van der Waals surface area contributed by atoms with Gasteiger partial charge in [-0.05, 0) is 43.7 Å². The number of rotatable bonds is 3. The van der Waals surface area contributed by atoms with E-state index in [1.165, 1.54) is 5.56 Å². The normalized spacial score (nSPS) is 25.3. The number of hydrogen-bond donors (Lipinski definition) is 1. The fourth-order valence-electron chi connectivity index (χ4n) is 2.18. The van der Waals surface area contributed by atoms with Crippen molar-refractivity contribution >= 4 is 12.4 Å². The molecule has 0 bridgehead atoms. The molecule has 2 nitrogen and oxygen atoms in total. The van der Waals surface area contributed by atoms with E-state index in [0.29, 0.717) is 11.8 Å². The summed E-state index contributed by atoms with van der Waals surface area (Å²) in [5, 5.41) is 1.05. The molecular weight excluding hydrogens is 205 g/mol. The van der Waals surface area contributed by atoms with Gasteiger partial charge in [0.15, 0.2) is 0 Å². The molecule has 0 amide bonds. The molecule has 82 valence electrons. The smallest absolute Gasteiger partial charge is 0.110 e. The van der Waals surface area contributed by atoms with Crippen molar-refractivity contribution in [1.29, 1.82) is 0 Å². The van der Waals surface area contributed by atoms with E-state index in [0.717, 1.165) is 18.3 Å². The number of nitrogens with two attached hydrogens (primary N) is 1. The van der Waals surface area contributed by atoms with Crippen LogP contribution in [0.4, 0.5) is 0 Å². The van der Waals surface area contributed by atoms with Gasteiger partial charge in [0.2, 0.25) is 0 Å². The fraction of sp³-hybridized carbons (Fsp3) is 0.500. The third-order valence-electron chi connectivity index (χ3n) is 3.14. The summed E-state index contributed by atoms with van der Waals surface area (Å²) < 4.78 is 12.1. The molecule has 0 spiro atoms. The summed E-state index contributed by atoms with van der Waals surface area (Å²) in [4.78, 5) is 0. The van der Waals surface area contributed by atoms with E-state index in [-0.39, 0.29) is 0 Å². The largest absolute Gasteiger partial charge is 0.330 e. The van der Waals surface area contributed by atoms with Gasteiger partial charge in [-0.15, -0.1) is 0 Å². The maximum Gasteiger partial charge on any atom is 0.110 e. The van der Waals surface area contributed by atoms with E-state index in [1.54, 1.807) is 0 Å². The van der Waals surface area contributed by atoms with Crippen molar-refractivity contribution in [3.8, 4) is 0 Å².